The molecule has 0 heterocycles. The summed E-state index contributed by atoms with van der Waals surface area (Å²) in [6, 6.07) is 18.9. The molecule has 1 N–H and O–H groups in total. The topological polar surface area (TPSA) is 67.9 Å². The smallest absolute Gasteiger partial charge is 0.261 e. The third-order valence-electron chi connectivity index (χ3n) is 6.81. The molecule has 4 rings (SSSR count). The Balaban J connectivity index is 1.49. The maximum absolute atomic E-state index is 13.4. The maximum Gasteiger partial charge on any atom is 0.261 e. The Hall–Kier alpha value is -3.06. The van der Waals surface area contributed by atoms with Crippen molar-refractivity contribution < 1.29 is 19.1 Å². The van der Waals surface area contributed by atoms with Gasteiger partial charge in [0.2, 0.25) is 5.91 Å². The minimum absolute atomic E-state index is 0.129. The molecule has 0 aromatic heterocycles. The fourth-order valence-electron chi connectivity index (χ4n) is 4.63. The summed E-state index contributed by atoms with van der Waals surface area (Å²) in [5, 5.41) is 5.25. The Morgan fingerprint density at radius 3 is 2.47 bits per heavy atom. The van der Waals surface area contributed by atoms with Crippen LogP contribution in [0.2, 0.25) is 0 Å². The largest absolute Gasteiger partial charge is 0.497 e. The van der Waals surface area contributed by atoms with Crippen LogP contribution in [0.3, 0.4) is 0 Å². The van der Waals surface area contributed by atoms with Crippen molar-refractivity contribution in [2.45, 2.75) is 57.7 Å². The first-order valence-corrected chi connectivity index (χ1v) is 13.3. The molecule has 3 aromatic rings. The van der Waals surface area contributed by atoms with E-state index >= 15 is 0 Å². The molecule has 3 aromatic carbocycles. The van der Waals surface area contributed by atoms with E-state index in [4.69, 9.17) is 9.47 Å². The van der Waals surface area contributed by atoms with Crippen LogP contribution < -0.4 is 14.8 Å². The van der Waals surface area contributed by atoms with Crippen LogP contribution in [0.15, 0.2) is 65.1 Å². The van der Waals surface area contributed by atoms with Crippen molar-refractivity contribution >= 4 is 38.5 Å². The molecule has 0 bridgehead atoms. The lowest BCUT2D eigenvalue weighted by atomic mass is 9.95. The Kier molecular flexibility index (Phi) is 8.86. The Morgan fingerprint density at radius 2 is 1.75 bits per heavy atom. The molecule has 1 atom stereocenters. The number of ether oxygens (including phenoxy) is 2. The monoisotopic (exact) mass is 552 g/mol. The average molecular weight is 553 g/mol. The van der Waals surface area contributed by atoms with E-state index in [1.54, 1.807) is 18.9 Å². The van der Waals surface area contributed by atoms with Gasteiger partial charge in [0.1, 0.15) is 17.5 Å². The molecular weight excluding hydrogens is 520 g/mol. The van der Waals surface area contributed by atoms with Gasteiger partial charge in [0.05, 0.1) is 11.6 Å². The van der Waals surface area contributed by atoms with Gasteiger partial charge in [-0.25, -0.2) is 0 Å². The fourth-order valence-corrected chi connectivity index (χ4v) is 5.23. The van der Waals surface area contributed by atoms with Crippen molar-refractivity contribution in [3.63, 3.8) is 0 Å². The van der Waals surface area contributed by atoms with E-state index < -0.39 is 6.04 Å². The number of nitrogens with one attached hydrogen (secondary N) is 1. The summed E-state index contributed by atoms with van der Waals surface area (Å²) in [6.45, 7) is 1.91. The highest BCUT2D eigenvalue weighted by Crippen LogP contribution is 2.33. The third-order valence-corrected chi connectivity index (χ3v) is 7.63. The number of carbonyl (C=O) groups excluding carboxylic acids is 2. The molecule has 6 nitrogen and oxygen atoms in total. The quantitative estimate of drug-likeness (QED) is 0.361. The number of carbonyl (C=O) groups is 2. The molecule has 0 radical (unpaired) electrons. The Labute approximate surface area is 221 Å². The van der Waals surface area contributed by atoms with E-state index in [1.807, 2.05) is 60.7 Å². The third kappa shape index (κ3) is 6.38. The van der Waals surface area contributed by atoms with Crippen molar-refractivity contribution in [3.05, 3.63) is 70.7 Å². The van der Waals surface area contributed by atoms with Crippen LogP contribution in [0.25, 0.3) is 10.8 Å². The van der Waals surface area contributed by atoms with Gasteiger partial charge in [-0.3, -0.25) is 9.59 Å². The predicted molar refractivity (Wildman–Crippen MR) is 145 cm³/mol. The second kappa shape index (κ2) is 12.3. The SMILES string of the molecule is COc1ccc(CN(C(=O)COc2ccc3ccccc3c2Br)[C@H](C)C(=O)NC2CCCCC2)cc1. The van der Waals surface area contributed by atoms with Gasteiger partial charge < -0.3 is 19.7 Å². The number of rotatable bonds is 9. The zero-order chi connectivity index (χ0) is 25.5. The number of hydrogen-bond donors (Lipinski definition) is 1. The summed E-state index contributed by atoms with van der Waals surface area (Å²) in [5.41, 5.74) is 0.911. The van der Waals surface area contributed by atoms with Gasteiger partial charge in [-0.05, 0) is 70.2 Å². The number of nitrogens with zero attached hydrogens (tertiary/aromatic N) is 1. The first-order valence-electron chi connectivity index (χ1n) is 12.5. The van der Waals surface area contributed by atoms with Gasteiger partial charge in [0.15, 0.2) is 6.61 Å². The lowest BCUT2D eigenvalue weighted by Gasteiger charge is -2.31. The molecule has 1 aliphatic rings. The molecule has 0 unspecified atom stereocenters. The van der Waals surface area contributed by atoms with E-state index in [-0.39, 0.29) is 24.5 Å². The van der Waals surface area contributed by atoms with Crippen LogP contribution in [-0.2, 0) is 16.1 Å². The van der Waals surface area contributed by atoms with Crippen molar-refractivity contribution in [1.82, 2.24) is 10.2 Å². The molecule has 1 saturated carbocycles. The molecule has 2 amide bonds. The summed E-state index contributed by atoms with van der Waals surface area (Å²) < 4.78 is 12.0. The summed E-state index contributed by atoms with van der Waals surface area (Å²) in [5.74, 6) is 0.947. The number of halogens is 1. The number of benzene rings is 3. The van der Waals surface area contributed by atoms with Crippen LogP contribution >= 0.6 is 15.9 Å². The van der Waals surface area contributed by atoms with E-state index in [2.05, 4.69) is 21.2 Å². The molecule has 7 heteroatoms. The van der Waals surface area contributed by atoms with E-state index in [0.29, 0.717) is 12.3 Å². The van der Waals surface area contributed by atoms with Crippen LogP contribution in [-0.4, -0.2) is 42.5 Å². The molecule has 36 heavy (non-hydrogen) atoms. The number of methoxy groups -OCH3 is 1. The van der Waals surface area contributed by atoms with Crippen LogP contribution in [0.1, 0.15) is 44.6 Å². The fraction of sp³-hybridized carbons (Fsp3) is 0.379. The van der Waals surface area contributed by atoms with Gasteiger partial charge in [0.25, 0.3) is 5.91 Å². The predicted octanol–water partition coefficient (Wildman–Crippen LogP) is 5.86. The standard InChI is InChI=1S/C29H33BrN2O4/c1-20(29(34)31-23-9-4-3-5-10-23)32(18-21-12-15-24(35-2)16-13-21)27(33)19-36-26-17-14-22-8-6-7-11-25(22)28(26)30/h6-8,11-17,20,23H,3-5,9-10,18-19H2,1-2H3,(H,31,34)/t20-/m1/s1. The van der Waals surface area contributed by atoms with Crippen molar-refractivity contribution in [2.75, 3.05) is 13.7 Å². The minimum Gasteiger partial charge on any atom is -0.497 e. The van der Waals surface area contributed by atoms with Crippen LogP contribution in [0, 0.1) is 0 Å². The molecule has 1 aliphatic carbocycles. The lowest BCUT2D eigenvalue weighted by molar-refractivity contribution is -0.142. The summed E-state index contributed by atoms with van der Waals surface area (Å²) in [7, 11) is 1.62. The van der Waals surface area contributed by atoms with Gasteiger partial charge in [-0.15, -0.1) is 0 Å². The average Bonchev–Trinajstić information content (AvgIpc) is 2.92. The first kappa shape index (κ1) is 26.0. The maximum atomic E-state index is 13.4. The molecular formula is C29H33BrN2O4. The number of fused-ring (bicyclic) bond motifs is 1. The van der Waals surface area contributed by atoms with E-state index in [1.165, 1.54) is 6.42 Å². The highest BCUT2D eigenvalue weighted by Gasteiger charge is 2.28. The molecule has 0 saturated heterocycles. The molecule has 190 valence electrons. The Bertz CT molecular complexity index is 1190. The van der Waals surface area contributed by atoms with Crippen LogP contribution in [0.4, 0.5) is 0 Å². The number of amides is 2. The number of hydrogen-bond acceptors (Lipinski definition) is 4. The highest BCUT2D eigenvalue weighted by atomic mass is 79.9. The van der Waals surface area contributed by atoms with E-state index in [9.17, 15) is 9.59 Å². The molecule has 0 spiro atoms. The molecule has 1 fully saturated rings. The molecule has 0 aliphatic heterocycles. The summed E-state index contributed by atoms with van der Waals surface area (Å²) >= 11 is 3.62. The zero-order valence-electron chi connectivity index (χ0n) is 20.8. The minimum atomic E-state index is -0.634. The van der Waals surface area contributed by atoms with Gasteiger partial charge in [-0.1, -0.05) is 61.7 Å². The second-order valence-corrected chi connectivity index (χ2v) is 10.1. The van der Waals surface area contributed by atoms with Crippen molar-refractivity contribution in [2.24, 2.45) is 0 Å². The van der Waals surface area contributed by atoms with Crippen molar-refractivity contribution in [3.8, 4) is 11.5 Å². The van der Waals surface area contributed by atoms with Crippen molar-refractivity contribution in [1.29, 1.82) is 0 Å². The van der Waals surface area contributed by atoms with E-state index in [0.717, 1.165) is 52.2 Å². The Morgan fingerprint density at radius 1 is 1.03 bits per heavy atom. The zero-order valence-corrected chi connectivity index (χ0v) is 22.4. The summed E-state index contributed by atoms with van der Waals surface area (Å²) in [4.78, 5) is 28.2. The normalized spacial score (nSPS) is 14.8. The second-order valence-electron chi connectivity index (χ2n) is 9.28. The van der Waals surface area contributed by atoms with Gasteiger partial charge in [0, 0.05) is 12.6 Å². The van der Waals surface area contributed by atoms with Gasteiger partial charge >= 0.3 is 0 Å². The first-order chi connectivity index (χ1) is 17.5. The highest BCUT2D eigenvalue weighted by molar-refractivity contribution is 9.10. The lowest BCUT2D eigenvalue weighted by Crippen LogP contribution is -2.51. The van der Waals surface area contributed by atoms with Gasteiger partial charge in [-0.2, -0.15) is 0 Å². The summed E-state index contributed by atoms with van der Waals surface area (Å²) in [6.07, 6.45) is 5.45. The van der Waals surface area contributed by atoms with Crippen LogP contribution in [0.5, 0.6) is 11.5 Å².